The maximum atomic E-state index is 13.8. The van der Waals surface area contributed by atoms with Gasteiger partial charge in [-0.1, -0.05) is 69.4 Å². The number of thiazole rings is 1. The van der Waals surface area contributed by atoms with E-state index in [-0.39, 0.29) is 23.0 Å². The Hall–Kier alpha value is -3.54. The lowest BCUT2D eigenvalue weighted by Crippen LogP contribution is -2.33. The van der Waals surface area contributed by atoms with Crippen LogP contribution in [0.2, 0.25) is 0 Å². The minimum absolute atomic E-state index is 0.237. The number of nitrogens with zero attached hydrogens (tertiary/aromatic N) is 2. The lowest BCUT2D eigenvalue weighted by molar-refractivity contribution is -0.122. The van der Waals surface area contributed by atoms with Gasteiger partial charge in [0.2, 0.25) is 17.7 Å². The predicted molar refractivity (Wildman–Crippen MR) is 152 cm³/mol. The van der Waals surface area contributed by atoms with Crippen molar-refractivity contribution in [2.45, 2.75) is 22.7 Å². The number of hydrogen-bond acceptors (Lipinski definition) is 6. The Morgan fingerprint density at radius 2 is 1.69 bits per heavy atom. The van der Waals surface area contributed by atoms with Crippen molar-refractivity contribution in [1.82, 2.24) is 4.57 Å². The normalized spacial score (nSPS) is 20.1. The van der Waals surface area contributed by atoms with E-state index in [1.807, 2.05) is 30.3 Å². The monoisotopic (exact) mass is 623 g/mol. The highest BCUT2D eigenvalue weighted by Gasteiger charge is 2.56. The Kier molecular flexibility index (Phi) is 6.74. The highest BCUT2D eigenvalue weighted by Crippen LogP contribution is 2.54. The summed E-state index contributed by atoms with van der Waals surface area (Å²) in [5, 5.41) is 2.47. The van der Waals surface area contributed by atoms with Gasteiger partial charge in [-0.3, -0.25) is 23.7 Å². The highest BCUT2D eigenvalue weighted by molar-refractivity contribution is 9.10. The molecule has 196 valence electrons. The van der Waals surface area contributed by atoms with E-state index in [1.165, 1.54) is 28.8 Å². The first-order valence-electron chi connectivity index (χ1n) is 12.0. The van der Waals surface area contributed by atoms with Crippen LogP contribution < -0.4 is 15.1 Å². The van der Waals surface area contributed by atoms with Gasteiger partial charge in [0.1, 0.15) is 17.6 Å². The van der Waals surface area contributed by atoms with Crippen molar-refractivity contribution in [3.05, 3.63) is 109 Å². The number of halogens is 2. The Bertz CT molecular complexity index is 1670. The van der Waals surface area contributed by atoms with Gasteiger partial charge in [0.15, 0.2) is 0 Å². The fourth-order valence-corrected chi connectivity index (χ4v) is 8.21. The van der Waals surface area contributed by atoms with E-state index >= 15 is 0 Å². The second-order valence-corrected chi connectivity index (χ2v) is 12.2. The van der Waals surface area contributed by atoms with Gasteiger partial charge in [0, 0.05) is 21.0 Å². The largest absolute Gasteiger partial charge is 0.325 e. The van der Waals surface area contributed by atoms with Gasteiger partial charge in [-0.15, -0.1) is 0 Å². The predicted octanol–water partition coefficient (Wildman–Crippen LogP) is 5.25. The summed E-state index contributed by atoms with van der Waals surface area (Å²) in [4.78, 5) is 55.0. The Labute approximate surface area is 238 Å². The van der Waals surface area contributed by atoms with Crippen molar-refractivity contribution in [3.63, 3.8) is 0 Å². The molecule has 0 saturated carbocycles. The summed E-state index contributed by atoms with van der Waals surface area (Å²) >= 11 is 5.61. The Morgan fingerprint density at radius 1 is 0.949 bits per heavy atom. The molecule has 3 unspecified atom stereocenters. The number of carbonyl (C=O) groups is 3. The van der Waals surface area contributed by atoms with E-state index in [4.69, 9.17) is 0 Å². The molecule has 0 radical (unpaired) electrons. The summed E-state index contributed by atoms with van der Waals surface area (Å²) in [6, 6.07) is 21.6. The highest BCUT2D eigenvalue weighted by atomic mass is 79.9. The van der Waals surface area contributed by atoms with Crippen LogP contribution in [0, 0.1) is 11.7 Å². The minimum atomic E-state index is -0.823. The third kappa shape index (κ3) is 4.64. The number of anilines is 2. The fraction of sp³-hybridized carbons (Fsp3) is 0.143. The summed E-state index contributed by atoms with van der Waals surface area (Å²) in [6.07, 6.45) is 0. The number of para-hydroxylation sites is 1. The number of aromatic nitrogens is 1. The molecule has 4 aromatic rings. The number of thioether (sulfide) groups is 1. The number of amides is 3. The third-order valence-corrected chi connectivity index (χ3v) is 9.80. The lowest BCUT2D eigenvalue weighted by Gasteiger charge is -2.30. The van der Waals surface area contributed by atoms with Crippen LogP contribution in [0.3, 0.4) is 0 Å². The number of hydrogen-bond donors (Lipinski definition) is 1. The quantitative estimate of drug-likeness (QED) is 0.307. The molecule has 1 fully saturated rings. The number of fused-ring (bicyclic) bond motifs is 2. The standard InChI is InChI=1S/C28H19BrFN3O4S2/c29-16-6-4-5-15(13-16)21-22-23(26(36)33(25(22)35)19-11-9-17(30)10-12-19)38-27-24(21)39-28(37)32(27)14-20(34)31-18-7-2-1-3-8-18/h1-13,21-23H,14H2,(H,31,34). The summed E-state index contributed by atoms with van der Waals surface area (Å²) in [6.45, 7) is -0.237. The van der Waals surface area contributed by atoms with Crippen LogP contribution in [0.1, 0.15) is 16.4 Å². The summed E-state index contributed by atoms with van der Waals surface area (Å²) in [7, 11) is 0. The van der Waals surface area contributed by atoms with Crippen molar-refractivity contribution in [2.75, 3.05) is 10.2 Å². The average molecular weight is 625 g/mol. The molecule has 39 heavy (non-hydrogen) atoms. The van der Waals surface area contributed by atoms with Crippen LogP contribution in [0.4, 0.5) is 15.8 Å². The molecule has 3 amide bonds. The van der Waals surface area contributed by atoms with Crippen molar-refractivity contribution in [1.29, 1.82) is 0 Å². The van der Waals surface area contributed by atoms with Gasteiger partial charge < -0.3 is 5.32 Å². The van der Waals surface area contributed by atoms with Crippen molar-refractivity contribution in [2.24, 2.45) is 5.92 Å². The van der Waals surface area contributed by atoms with E-state index in [9.17, 15) is 23.6 Å². The van der Waals surface area contributed by atoms with Crippen molar-refractivity contribution in [3.8, 4) is 0 Å². The van der Waals surface area contributed by atoms with Crippen LogP contribution in [0.5, 0.6) is 0 Å². The van der Waals surface area contributed by atoms with Gasteiger partial charge in [0.05, 0.1) is 16.6 Å². The van der Waals surface area contributed by atoms with E-state index < -0.39 is 34.7 Å². The van der Waals surface area contributed by atoms with E-state index in [1.54, 1.807) is 24.3 Å². The van der Waals surface area contributed by atoms with Crippen LogP contribution in [-0.4, -0.2) is 27.5 Å². The molecule has 2 aliphatic rings. The molecule has 3 atom stereocenters. The first-order chi connectivity index (χ1) is 18.8. The van der Waals surface area contributed by atoms with Crippen LogP contribution in [-0.2, 0) is 20.9 Å². The Morgan fingerprint density at radius 3 is 2.41 bits per heavy atom. The zero-order valence-corrected chi connectivity index (χ0v) is 23.3. The zero-order valence-electron chi connectivity index (χ0n) is 20.0. The number of rotatable bonds is 5. The SMILES string of the molecule is O=C(Cn1c2c(sc1=O)C(c1cccc(Br)c1)C1C(=O)N(c3ccc(F)cc3)C(=O)C1S2)Nc1ccccc1. The van der Waals surface area contributed by atoms with Crippen molar-refractivity contribution < 1.29 is 18.8 Å². The average Bonchev–Trinajstić information content (AvgIpc) is 3.36. The molecule has 3 heterocycles. The third-order valence-electron chi connectivity index (χ3n) is 6.70. The molecule has 6 rings (SSSR count). The summed E-state index contributed by atoms with van der Waals surface area (Å²) in [5.74, 6) is -3.06. The number of benzene rings is 3. The van der Waals surface area contributed by atoms with E-state index in [0.717, 1.165) is 38.0 Å². The molecule has 1 N–H and O–H groups in total. The fourth-order valence-electron chi connectivity index (χ4n) is 5.02. The van der Waals surface area contributed by atoms with Crippen LogP contribution in [0.25, 0.3) is 0 Å². The molecule has 0 aliphatic carbocycles. The maximum absolute atomic E-state index is 13.8. The lowest BCUT2D eigenvalue weighted by atomic mass is 9.83. The minimum Gasteiger partial charge on any atom is -0.325 e. The summed E-state index contributed by atoms with van der Waals surface area (Å²) in [5.41, 5.74) is 1.66. The smallest absolute Gasteiger partial charge is 0.308 e. The second-order valence-electron chi connectivity index (χ2n) is 9.12. The van der Waals surface area contributed by atoms with Gasteiger partial charge in [0.25, 0.3) is 0 Å². The topological polar surface area (TPSA) is 88.5 Å². The first-order valence-corrected chi connectivity index (χ1v) is 14.4. The van der Waals surface area contributed by atoms with Crippen LogP contribution >= 0.6 is 39.0 Å². The maximum Gasteiger partial charge on any atom is 0.308 e. The van der Waals surface area contributed by atoms with E-state index in [2.05, 4.69) is 21.2 Å². The molecule has 2 aliphatic heterocycles. The number of nitrogens with one attached hydrogen (secondary N) is 1. The first kappa shape index (κ1) is 25.7. The molecular weight excluding hydrogens is 605 g/mol. The zero-order chi connectivity index (χ0) is 27.3. The molecule has 1 aromatic heterocycles. The molecule has 7 nitrogen and oxygen atoms in total. The number of imide groups is 1. The molecule has 0 spiro atoms. The van der Waals surface area contributed by atoms with Crippen molar-refractivity contribution >= 4 is 68.1 Å². The van der Waals surface area contributed by atoms with Gasteiger partial charge in [-0.05, 0) is 54.1 Å². The van der Waals surface area contributed by atoms with Gasteiger partial charge >= 0.3 is 4.87 Å². The van der Waals surface area contributed by atoms with E-state index in [0.29, 0.717) is 15.6 Å². The molecule has 3 aromatic carbocycles. The molecule has 11 heteroatoms. The molecular formula is C28H19BrFN3O4S2. The number of carbonyl (C=O) groups excluding carboxylic acids is 3. The van der Waals surface area contributed by atoms with Gasteiger partial charge in [-0.2, -0.15) is 0 Å². The molecule has 1 saturated heterocycles. The second kappa shape index (κ2) is 10.2. The molecule has 0 bridgehead atoms. The summed E-state index contributed by atoms with van der Waals surface area (Å²) < 4.78 is 15.8. The van der Waals surface area contributed by atoms with Crippen LogP contribution in [0.15, 0.2) is 93.2 Å². The Balaban J connectivity index is 1.42. The van der Waals surface area contributed by atoms with Gasteiger partial charge in [-0.25, -0.2) is 9.29 Å².